The van der Waals surface area contributed by atoms with Crippen LogP contribution in [0.4, 0.5) is 5.69 Å². The third kappa shape index (κ3) is 3.19. The van der Waals surface area contributed by atoms with Crippen molar-refractivity contribution in [3.8, 4) is 17.6 Å². The number of benzene rings is 3. The zero-order chi connectivity index (χ0) is 25.1. The lowest BCUT2D eigenvalue weighted by molar-refractivity contribution is -0.116. The SMILES string of the molecule is N#CC1=C2N=C(N)c3ccccc3N2C2=C(C(=O)C[C@H](c3ccccc3)C2)[C@@H]1c1ccc2c(c1)OCO2. The van der Waals surface area contributed by atoms with Crippen LogP contribution in [0.25, 0.3) is 0 Å². The molecule has 7 heteroatoms. The fraction of sp³-hybridized carbons (Fsp3) is 0.167. The first-order chi connectivity index (χ1) is 18.1. The fourth-order valence-electron chi connectivity index (χ4n) is 5.90. The number of allylic oxidation sites excluding steroid dienone is 3. The van der Waals surface area contributed by atoms with Gasteiger partial charge in [-0.3, -0.25) is 9.69 Å². The summed E-state index contributed by atoms with van der Waals surface area (Å²) < 4.78 is 11.1. The number of aliphatic imine (C=N–C) groups is 1. The molecule has 0 amide bonds. The Kier molecular flexibility index (Phi) is 4.70. The van der Waals surface area contributed by atoms with E-state index in [0.717, 1.165) is 28.1 Å². The van der Waals surface area contributed by atoms with E-state index in [0.29, 0.717) is 47.1 Å². The molecule has 0 unspecified atom stereocenters. The number of carbonyl (C=O) groups is 1. The van der Waals surface area contributed by atoms with Gasteiger partial charge in [-0.05, 0) is 47.7 Å². The molecule has 0 saturated carbocycles. The number of carbonyl (C=O) groups excluding carboxylic acids is 1. The van der Waals surface area contributed by atoms with Gasteiger partial charge in [0.25, 0.3) is 0 Å². The van der Waals surface area contributed by atoms with E-state index < -0.39 is 5.92 Å². The summed E-state index contributed by atoms with van der Waals surface area (Å²) in [6, 6.07) is 25.8. The van der Waals surface area contributed by atoms with Gasteiger partial charge in [-0.15, -0.1) is 0 Å². The smallest absolute Gasteiger partial charge is 0.231 e. The van der Waals surface area contributed by atoms with Crippen molar-refractivity contribution >= 4 is 17.3 Å². The number of hydrogen-bond acceptors (Lipinski definition) is 7. The van der Waals surface area contributed by atoms with Crippen LogP contribution >= 0.6 is 0 Å². The number of nitriles is 1. The number of ether oxygens (including phenoxy) is 2. The molecule has 0 fully saturated rings. The van der Waals surface area contributed by atoms with Gasteiger partial charge >= 0.3 is 0 Å². The van der Waals surface area contributed by atoms with Crippen molar-refractivity contribution in [3.05, 3.63) is 112 Å². The molecule has 3 heterocycles. The van der Waals surface area contributed by atoms with Crippen LogP contribution in [0, 0.1) is 11.3 Å². The first-order valence-corrected chi connectivity index (χ1v) is 12.2. The van der Waals surface area contributed by atoms with E-state index in [9.17, 15) is 10.1 Å². The zero-order valence-corrected chi connectivity index (χ0v) is 19.8. The second-order valence-corrected chi connectivity index (χ2v) is 9.54. The summed E-state index contributed by atoms with van der Waals surface area (Å²) >= 11 is 0. The van der Waals surface area contributed by atoms with Crippen molar-refractivity contribution in [1.82, 2.24) is 0 Å². The van der Waals surface area contributed by atoms with E-state index in [1.807, 2.05) is 65.6 Å². The topological polar surface area (TPSA) is 101 Å². The van der Waals surface area contributed by atoms with E-state index in [4.69, 9.17) is 20.2 Å². The number of nitrogens with two attached hydrogens (primary N) is 1. The third-order valence-corrected chi connectivity index (χ3v) is 7.55. The molecule has 180 valence electrons. The summed E-state index contributed by atoms with van der Waals surface area (Å²) in [6.07, 6.45) is 1.01. The molecule has 3 aromatic carbocycles. The number of rotatable bonds is 2. The minimum atomic E-state index is -0.577. The normalized spacial score (nSPS) is 21.6. The fourth-order valence-corrected chi connectivity index (χ4v) is 5.90. The van der Waals surface area contributed by atoms with Crippen molar-refractivity contribution in [3.63, 3.8) is 0 Å². The number of ketones is 1. The Labute approximate surface area is 213 Å². The summed E-state index contributed by atoms with van der Waals surface area (Å²) in [6.45, 7) is 0.146. The average molecular weight is 487 g/mol. The van der Waals surface area contributed by atoms with Gasteiger partial charge in [0.2, 0.25) is 6.79 Å². The maximum Gasteiger partial charge on any atom is 0.231 e. The summed E-state index contributed by atoms with van der Waals surface area (Å²) in [4.78, 5) is 20.7. The summed E-state index contributed by atoms with van der Waals surface area (Å²) in [5.74, 6) is 1.55. The van der Waals surface area contributed by atoms with Gasteiger partial charge in [-0.25, -0.2) is 4.99 Å². The summed E-state index contributed by atoms with van der Waals surface area (Å²) in [7, 11) is 0. The van der Waals surface area contributed by atoms with Crippen LogP contribution in [-0.2, 0) is 4.79 Å². The van der Waals surface area contributed by atoms with E-state index in [1.165, 1.54) is 0 Å². The van der Waals surface area contributed by atoms with Crippen molar-refractivity contribution in [2.75, 3.05) is 11.7 Å². The van der Waals surface area contributed by atoms with E-state index in [2.05, 4.69) is 18.2 Å². The minimum absolute atomic E-state index is 0.0187. The molecular formula is C30H22N4O3. The molecule has 3 aromatic rings. The van der Waals surface area contributed by atoms with Crippen LogP contribution in [0.3, 0.4) is 0 Å². The van der Waals surface area contributed by atoms with Crippen molar-refractivity contribution < 1.29 is 14.3 Å². The molecule has 0 saturated heterocycles. The summed E-state index contributed by atoms with van der Waals surface area (Å²) in [5.41, 5.74) is 11.8. The van der Waals surface area contributed by atoms with E-state index in [1.54, 1.807) is 0 Å². The highest BCUT2D eigenvalue weighted by Crippen LogP contribution is 2.52. The number of anilines is 1. The first kappa shape index (κ1) is 21.5. The molecule has 2 N–H and O–H groups in total. The van der Waals surface area contributed by atoms with Gasteiger partial charge in [0.15, 0.2) is 23.1 Å². The Balaban J connectivity index is 1.48. The molecule has 2 atom stereocenters. The highest BCUT2D eigenvalue weighted by molar-refractivity contribution is 6.08. The number of Topliss-reactive ketones (excluding diaryl/α,β-unsaturated/α-hetero) is 1. The maximum absolute atomic E-state index is 14.0. The molecule has 37 heavy (non-hydrogen) atoms. The second-order valence-electron chi connectivity index (χ2n) is 9.54. The molecule has 7 nitrogen and oxygen atoms in total. The molecule has 0 radical (unpaired) electrons. The molecule has 0 aromatic heterocycles. The van der Waals surface area contributed by atoms with Crippen LogP contribution in [0.15, 0.2) is 100 Å². The van der Waals surface area contributed by atoms with E-state index in [-0.39, 0.29) is 18.5 Å². The maximum atomic E-state index is 14.0. The number of para-hydroxylation sites is 1. The zero-order valence-electron chi connectivity index (χ0n) is 19.8. The third-order valence-electron chi connectivity index (χ3n) is 7.55. The van der Waals surface area contributed by atoms with Crippen LogP contribution in [0.2, 0.25) is 0 Å². The Morgan fingerprint density at radius 3 is 2.57 bits per heavy atom. The molecule has 1 aliphatic carbocycles. The van der Waals surface area contributed by atoms with Crippen LogP contribution < -0.4 is 20.1 Å². The molecule has 0 bridgehead atoms. The predicted molar refractivity (Wildman–Crippen MR) is 138 cm³/mol. The standard InChI is InChI=1S/C30H22N4O3/c31-15-21-27(18-10-11-25-26(14-18)37-16-36-25)28-23(12-19(13-24(28)35)17-6-2-1-3-7-17)34-22-9-5-4-8-20(22)29(32)33-30(21)34/h1-11,14,19,27H,12-13,16H2,(H2,32,33)/t19-,27-/m1/s1. The predicted octanol–water partition coefficient (Wildman–Crippen LogP) is 4.87. The number of fused-ring (bicyclic) bond motifs is 5. The summed E-state index contributed by atoms with van der Waals surface area (Å²) in [5, 5.41) is 10.5. The van der Waals surface area contributed by atoms with Gasteiger partial charge < -0.3 is 15.2 Å². The Hall–Kier alpha value is -4.83. The van der Waals surface area contributed by atoms with E-state index >= 15 is 0 Å². The Morgan fingerprint density at radius 2 is 1.73 bits per heavy atom. The second kappa shape index (κ2) is 8.10. The Bertz CT molecular complexity index is 1610. The number of nitrogens with zero attached hydrogens (tertiary/aromatic N) is 3. The van der Waals surface area contributed by atoms with Crippen LogP contribution in [0.5, 0.6) is 11.5 Å². The van der Waals surface area contributed by atoms with Crippen molar-refractivity contribution in [1.29, 1.82) is 5.26 Å². The molecule has 0 spiro atoms. The van der Waals surface area contributed by atoms with Crippen molar-refractivity contribution in [2.24, 2.45) is 10.7 Å². The monoisotopic (exact) mass is 486 g/mol. The van der Waals surface area contributed by atoms with Gasteiger partial charge in [-0.2, -0.15) is 5.26 Å². The highest BCUT2D eigenvalue weighted by Gasteiger charge is 2.45. The van der Waals surface area contributed by atoms with Crippen molar-refractivity contribution in [2.45, 2.75) is 24.7 Å². The molecule has 4 aliphatic rings. The lowest BCUT2D eigenvalue weighted by atomic mass is 9.71. The van der Waals surface area contributed by atoms with Gasteiger partial charge in [0, 0.05) is 23.3 Å². The van der Waals surface area contributed by atoms with Gasteiger partial charge in [0.1, 0.15) is 5.84 Å². The minimum Gasteiger partial charge on any atom is -0.454 e. The van der Waals surface area contributed by atoms with Gasteiger partial charge in [0.05, 0.1) is 23.2 Å². The average Bonchev–Trinajstić information content (AvgIpc) is 3.41. The highest BCUT2D eigenvalue weighted by atomic mass is 16.7. The van der Waals surface area contributed by atoms with Crippen LogP contribution in [0.1, 0.15) is 41.4 Å². The Morgan fingerprint density at radius 1 is 0.946 bits per heavy atom. The number of amidine groups is 1. The van der Waals surface area contributed by atoms with Crippen LogP contribution in [-0.4, -0.2) is 18.4 Å². The number of hydrogen-bond donors (Lipinski definition) is 1. The largest absolute Gasteiger partial charge is 0.454 e. The lowest BCUT2D eigenvalue weighted by Crippen LogP contribution is -2.40. The molecule has 3 aliphatic heterocycles. The first-order valence-electron chi connectivity index (χ1n) is 12.2. The quantitative estimate of drug-likeness (QED) is 0.554. The molecular weight excluding hydrogens is 464 g/mol. The van der Waals surface area contributed by atoms with Gasteiger partial charge in [-0.1, -0.05) is 48.5 Å². The lowest BCUT2D eigenvalue weighted by Gasteiger charge is -2.43. The molecule has 7 rings (SSSR count).